The average Bonchev–Trinajstić information content (AvgIpc) is 3.51. The molecule has 0 spiro atoms. The number of carbonyl (C=O) groups excluding carboxylic acids is 4. The van der Waals surface area contributed by atoms with Crippen molar-refractivity contribution in [3.05, 3.63) is 53.9 Å². The summed E-state index contributed by atoms with van der Waals surface area (Å²) in [5, 5.41) is 10.9. The van der Waals surface area contributed by atoms with Crippen LogP contribution in [0.15, 0.2) is 36.8 Å². The van der Waals surface area contributed by atoms with Crippen LogP contribution in [0.4, 0.5) is 17.1 Å². The smallest absolute Gasteiger partial charge is 0.272 e. The maximum atomic E-state index is 12.9. The van der Waals surface area contributed by atoms with Gasteiger partial charge in [0.1, 0.15) is 26.9 Å². The molecule has 0 fully saturated rings. The first-order valence-electron chi connectivity index (χ1n) is 12.1. The molecule has 3 rings (SSSR count). The first-order chi connectivity index (χ1) is 18.3. The van der Waals surface area contributed by atoms with E-state index in [0.29, 0.717) is 29.3 Å². The summed E-state index contributed by atoms with van der Waals surface area (Å²) < 4.78 is 27.2. The molecule has 4 amide bonds. The fourth-order valence-electron chi connectivity index (χ4n) is 3.80. The second-order valence-electron chi connectivity index (χ2n) is 9.27. The zero-order valence-electron chi connectivity index (χ0n) is 22.5. The first-order valence-corrected chi connectivity index (χ1v) is 14.2. The van der Waals surface area contributed by atoms with E-state index in [1.807, 2.05) is 6.92 Å². The van der Waals surface area contributed by atoms with Crippen LogP contribution >= 0.6 is 0 Å². The summed E-state index contributed by atoms with van der Waals surface area (Å²) in [6.45, 7) is 2.50. The Balaban J connectivity index is 1.65. The molecule has 0 unspecified atom stereocenters. The SMILES string of the molecule is CCCNC(=O)c1cc(NC(=O)c2cc(NC(=O)c3cc(NC(=O)CCS(C)(=O)=O)cn3C)cn2C)cn1C. The predicted molar refractivity (Wildman–Crippen MR) is 148 cm³/mol. The molecule has 0 aliphatic heterocycles. The van der Waals surface area contributed by atoms with Crippen molar-refractivity contribution in [3.63, 3.8) is 0 Å². The van der Waals surface area contributed by atoms with Crippen molar-refractivity contribution in [2.75, 3.05) is 34.5 Å². The lowest BCUT2D eigenvalue weighted by Gasteiger charge is -2.03. The van der Waals surface area contributed by atoms with Crippen molar-refractivity contribution >= 4 is 50.5 Å². The molecule has 4 N–H and O–H groups in total. The lowest BCUT2D eigenvalue weighted by atomic mass is 10.3. The van der Waals surface area contributed by atoms with Gasteiger partial charge in [0.2, 0.25) is 5.91 Å². The van der Waals surface area contributed by atoms with E-state index in [1.165, 1.54) is 22.9 Å². The van der Waals surface area contributed by atoms with E-state index < -0.39 is 27.6 Å². The summed E-state index contributed by atoms with van der Waals surface area (Å²) in [7, 11) is 1.72. The number of hydrogen-bond acceptors (Lipinski definition) is 6. The normalized spacial score (nSPS) is 11.2. The highest BCUT2D eigenvalue weighted by Gasteiger charge is 2.19. The van der Waals surface area contributed by atoms with Crippen molar-refractivity contribution in [2.45, 2.75) is 19.8 Å². The van der Waals surface area contributed by atoms with Gasteiger partial charge in [0.25, 0.3) is 17.7 Å². The highest BCUT2D eigenvalue weighted by molar-refractivity contribution is 7.90. The standard InChI is InChI=1S/C25H33N7O6S/c1-6-8-26-23(34)19-11-17(14-30(19)2)28-25(36)21-12-18(15-32(21)4)29-24(35)20-10-16(13-31(20)3)27-22(33)7-9-39(5,37)38/h10-15H,6-9H2,1-5H3,(H,26,34)(H,27,33)(H,28,36)(H,29,35). The summed E-state index contributed by atoms with van der Waals surface area (Å²) in [5.74, 6) is -1.90. The minimum atomic E-state index is -3.27. The number of amides is 4. The van der Waals surface area contributed by atoms with Gasteiger partial charge in [-0.25, -0.2) is 8.42 Å². The molecule has 3 aromatic rings. The van der Waals surface area contributed by atoms with Crippen LogP contribution in [0.3, 0.4) is 0 Å². The van der Waals surface area contributed by atoms with Gasteiger partial charge >= 0.3 is 0 Å². The number of aromatic nitrogens is 3. The molecule has 3 aromatic heterocycles. The highest BCUT2D eigenvalue weighted by Crippen LogP contribution is 2.19. The Morgan fingerprint density at radius 2 is 1.13 bits per heavy atom. The van der Waals surface area contributed by atoms with Gasteiger partial charge in [0.05, 0.1) is 22.8 Å². The minimum absolute atomic E-state index is 0.194. The molecular weight excluding hydrogens is 526 g/mol. The molecule has 0 aliphatic carbocycles. The van der Waals surface area contributed by atoms with Crippen LogP contribution in [0.2, 0.25) is 0 Å². The molecular formula is C25H33N7O6S. The van der Waals surface area contributed by atoms with Crippen LogP contribution in [0.25, 0.3) is 0 Å². The first kappa shape index (κ1) is 29.2. The Morgan fingerprint density at radius 1 is 0.718 bits per heavy atom. The zero-order chi connectivity index (χ0) is 28.9. The molecule has 0 atom stereocenters. The van der Waals surface area contributed by atoms with E-state index in [2.05, 4.69) is 21.3 Å². The van der Waals surface area contributed by atoms with Gasteiger partial charge in [-0.1, -0.05) is 6.92 Å². The predicted octanol–water partition coefficient (Wildman–Crippen LogP) is 1.72. The van der Waals surface area contributed by atoms with Crippen LogP contribution in [0, 0.1) is 0 Å². The molecule has 0 bridgehead atoms. The quantitative estimate of drug-likeness (QED) is 0.279. The lowest BCUT2D eigenvalue weighted by Crippen LogP contribution is -2.25. The van der Waals surface area contributed by atoms with Gasteiger partial charge in [-0.15, -0.1) is 0 Å². The van der Waals surface area contributed by atoms with Gasteiger partial charge in [-0.3, -0.25) is 19.2 Å². The Bertz CT molecular complexity index is 1510. The third-order valence-corrected chi connectivity index (χ3v) is 6.69. The zero-order valence-corrected chi connectivity index (χ0v) is 23.3. The molecule has 39 heavy (non-hydrogen) atoms. The summed E-state index contributed by atoms with van der Waals surface area (Å²) in [6.07, 6.45) is 6.42. The van der Waals surface area contributed by atoms with E-state index in [-0.39, 0.29) is 29.5 Å². The largest absolute Gasteiger partial charge is 0.351 e. The fourth-order valence-corrected chi connectivity index (χ4v) is 4.35. The molecule has 3 heterocycles. The topological polar surface area (TPSA) is 165 Å². The number of carbonyl (C=O) groups is 4. The van der Waals surface area contributed by atoms with E-state index in [1.54, 1.807) is 48.7 Å². The molecule has 0 saturated heterocycles. The van der Waals surface area contributed by atoms with Crippen LogP contribution in [-0.2, 0) is 35.8 Å². The molecule has 0 saturated carbocycles. The van der Waals surface area contributed by atoms with Gasteiger partial charge in [0.15, 0.2) is 0 Å². The average molecular weight is 560 g/mol. The maximum absolute atomic E-state index is 12.9. The second-order valence-corrected chi connectivity index (χ2v) is 11.5. The highest BCUT2D eigenvalue weighted by atomic mass is 32.2. The van der Waals surface area contributed by atoms with Crippen molar-refractivity contribution in [1.29, 1.82) is 0 Å². The van der Waals surface area contributed by atoms with Crippen molar-refractivity contribution in [3.8, 4) is 0 Å². The second kappa shape index (κ2) is 12.0. The maximum Gasteiger partial charge on any atom is 0.272 e. The Labute approximate surface area is 226 Å². The number of nitrogens with one attached hydrogen (secondary N) is 4. The number of nitrogens with zero attached hydrogens (tertiary/aromatic N) is 3. The molecule has 14 heteroatoms. The van der Waals surface area contributed by atoms with Crippen molar-refractivity contribution < 1.29 is 27.6 Å². The Hall–Kier alpha value is -4.33. The number of anilines is 3. The van der Waals surface area contributed by atoms with Crippen LogP contribution < -0.4 is 21.3 Å². The van der Waals surface area contributed by atoms with Crippen LogP contribution in [-0.4, -0.2) is 64.3 Å². The summed E-state index contributed by atoms with van der Waals surface area (Å²) in [6, 6.07) is 4.57. The van der Waals surface area contributed by atoms with Gasteiger partial charge in [0, 0.05) is 59.0 Å². The summed E-state index contributed by atoms with van der Waals surface area (Å²) in [5.41, 5.74) is 2.09. The Kier molecular flexibility index (Phi) is 9.01. The van der Waals surface area contributed by atoms with E-state index in [0.717, 1.165) is 12.7 Å². The molecule has 0 aliphatic rings. The van der Waals surface area contributed by atoms with Gasteiger partial charge in [-0.05, 0) is 24.6 Å². The van der Waals surface area contributed by atoms with Gasteiger partial charge < -0.3 is 35.0 Å². The molecule has 0 aromatic carbocycles. The molecule has 13 nitrogen and oxygen atoms in total. The molecule has 0 radical (unpaired) electrons. The molecule has 210 valence electrons. The number of hydrogen-bond donors (Lipinski definition) is 4. The van der Waals surface area contributed by atoms with Crippen molar-refractivity contribution in [1.82, 2.24) is 19.0 Å². The van der Waals surface area contributed by atoms with Crippen molar-refractivity contribution in [2.24, 2.45) is 21.1 Å². The third kappa shape index (κ3) is 7.83. The monoisotopic (exact) mass is 559 g/mol. The van der Waals surface area contributed by atoms with E-state index >= 15 is 0 Å². The van der Waals surface area contributed by atoms with Gasteiger partial charge in [-0.2, -0.15) is 0 Å². The number of rotatable bonds is 11. The summed E-state index contributed by atoms with van der Waals surface area (Å²) >= 11 is 0. The fraction of sp³-hybridized carbons (Fsp3) is 0.360. The number of sulfone groups is 1. The van der Waals surface area contributed by atoms with E-state index in [9.17, 15) is 27.6 Å². The van der Waals surface area contributed by atoms with Crippen LogP contribution in [0.1, 0.15) is 51.2 Å². The minimum Gasteiger partial charge on any atom is -0.351 e. The number of aryl methyl sites for hydroxylation is 3. The third-order valence-electron chi connectivity index (χ3n) is 5.75. The van der Waals surface area contributed by atoms with E-state index in [4.69, 9.17) is 0 Å². The lowest BCUT2D eigenvalue weighted by molar-refractivity contribution is -0.115. The van der Waals surface area contributed by atoms with Crippen LogP contribution in [0.5, 0.6) is 0 Å². The summed E-state index contributed by atoms with van der Waals surface area (Å²) in [4.78, 5) is 50.1. The Morgan fingerprint density at radius 3 is 1.54 bits per heavy atom.